The number of benzene rings is 1. The smallest absolute Gasteiger partial charge is 0.409 e. The summed E-state index contributed by atoms with van der Waals surface area (Å²) in [7, 11) is 0. The van der Waals surface area contributed by atoms with E-state index in [9.17, 15) is 9.59 Å². The number of hydrogen-bond acceptors (Lipinski definition) is 4. The minimum Gasteiger partial charge on any atom is -0.493 e. The highest BCUT2D eigenvalue weighted by atomic mass is 16.6. The van der Waals surface area contributed by atoms with Crippen molar-refractivity contribution in [1.82, 2.24) is 9.80 Å². The Morgan fingerprint density at radius 2 is 1.71 bits per heavy atom. The SMILES string of the molecule is CCOC(=O)N1CCN(C(=O)C=Cc2ccccc2OCC)CC1. The molecule has 24 heavy (non-hydrogen) atoms. The number of piperazine rings is 1. The molecule has 0 N–H and O–H groups in total. The summed E-state index contributed by atoms with van der Waals surface area (Å²) in [6.45, 7) is 6.65. The molecule has 0 aromatic heterocycles. The molecule has 1 aromatic rings. The lowest BCUT2D eigenvalue weighted by molar-refractivity contribution is -0.127. The highest BCUT2D eigenvalue weighted by Crippen LogP contribution is 2.19. The molecule has 0 atom stereocenters. The first-order chi connectivity index (χ1) is 11.7. The quantitative estimate of drug-likeness (QED) is 0.777. The Morgan fingerprint density at radius 3 is 2.38 bits per heavy atom. The lowest BCUT2D eigenvalue weighted by atomic mass is 10.2. The molecule has 0 bridgehead atoms. The van der Waals surface area contributed by atoms with E-state index in [0.29, 0.717) is 39.4 Å². The minimum atomic E-state index is -0.314. The largest absolute Gasteiger partial charge is 0.493 e. The van der Waals surface area contributed by atoms with E-state index in [4.69, 9.17) is 9.47 Å². The standard InChI is InChI=1S/C18H24N2O4/c1-3-23-16-8-6-5-7-15(16)9-10-17(21)19-11-13-20(14-12-19)18(22)24-4-2/h5-10H,3-4,11-14H2,1-2H3. The fourth-order valence-corrected chi connectivity index (χ4v) is 2.50. The van der Waals surface area contributed by atoms with E-state index in [-0.39, 0.29) is 12.0 Å². The Bertz CT molecular complexity index is 592. The number of ether oxygens (including phenoxy) is 2. The fourth-order valence-electron chi connectivity index (χ4n) is 2.50. The summed E-state index contributed by atoms with van der Waals surface area (Å²) in [6, 6.07) is 7.60. The van der Waals surface area contributed by atoms with Crippen LogP contribution in [0.1, 0.15) is 19.4 Å². The zero-order valence-corrected chi connectivity index (χ0v) is 14.2. The maximum Gasteiger partial charge on any atom is 0.409 e. The van der Waals surface area contributed by atoms with E-state index in [2.05, 4.69) is 0 Å². The third kappa shape index (κ3) is 4.75. The van der Waals surface area contributed by atoms with Gasteiger partial charge in [-0.25, -0.2) is 4.79 Å². The first kappa shape index (κ1) is 17.8. The predicted molar refractivity (Wildman–Crippen MR) is 91.8 cm³/mol. The minimum absolute atomic E-state index is 0.0650. The molecule has 1 fully saturated rings. The van der Waals surface area contributed by atoms with Gasteiger partial charge in [0.05, 0.1) is 13.2 Å². The van der Waals surface area contributed by atoms with Gasteiger partial charge in [-0.3, -0.25) is 4.79 Å². The average Bonchev–Trinajstić information content (AvgIpc) is 2.61. The molecule has 0 aliphatic carbocycles. The van der Waals surface area contributed by atoms with E-state index in [1.165, 1.54) is 0 Å². The van der Waals surface area contributed by atoms with E-state index >= 15 is 0 Å². The number of para-hydroxylation sites is 1. The van der Waals surface area contributed by atoms with Crippen molar-refractivity contribution in [1.29, 1.82) is 0 Å². The molecule has 6 nitrogen and oxygen atoms in total. The molecule has 2 amide bonds. The van der Waals surface area contributed by atoms with Crippen LogP contribution in [-0.2, 0) is 9.53 Å². The van der Waals surface area contributed by atoms with Crippen LogP contribution in [0.2, 0.25) is 0 Å². The molecule has 1 aliphatic heterocycles. The topological polar surface area (TPSA) is 59.1 Å². The lowest BCUT2D eigenvalue weighted by Gasteiger charge is -2.33. The Hall–Kier alpha value is -2.50. The number of rotatable bonds is 5. The van der Waals surface area contributed by atoms with Crippen molar-refractivity contribution in [3.63, 3.8) is 0 Å². The molecule has 2 rings (SSSR count). The van der Waals surface area contributed by atoms with Crippen LogP contribution in [0.3, 0.4) is 0 Å². The van der Waals surface area contributed by atoms with Gasteiger partial charge in [0, 0.05) is 37.8 Å². The molecule has 1 heterocycles. The van der Waals surface area contributed by atoms with E-state index in [1.54, 1.807) is 28.9 Å². The zero-order valence-electron chi connectivity index (χ0n) is 14.2. The summed E-state index contributed by atoms with van der Waals surface area (Å²) < 4.78 is 10.5. The van der Waals surface area contributed by atoms with Crippen molar-refractivity contribution in [3.8, 4) is 5.75 Å². The monoisotopic (exact) mass is 332 g/mol. The van der Waals surface area contributed by atoms with Gasteiger partial charge in [0.1, 0.15) is 5.75 Å². The summed E-state index contributed by atoms with van der Waals surface area (Å²) in [5.74, 6) is 0.695. The van der Waals surface area contributed by atoms with Crippen molar-refractivity contribution in [3.05, 3.63) is 35.9 Å². The van der Waals surface area contributed by atoms with Crippen molar-refractivity contribution in [2.24, 2.45) is 0 Å². The van der Waals surface area contributed by atoms with Crippen LogP contribution in [0.5, 0.6) is 5.75 Å². The van der Waals surface area contributed by atoms with Gasteiger partial charge in [-0.1, -0.05) is 18.2 Å². The highest BCUT2D eigenvalue weighted by molar-refractivity contribution is 5.92. The number of carbonyl (C=O) groups is 2. The van der Waals surface area contributed by atoms with Crippen LogP contribution in [0.25, 0.3) is 6.08 Å². The zero-order chi connectivity index (χ0) is 17.4. The van der Waals surface area contributed by atoms with Crippen molar-refractivity contribution < 1.29 is 19.1 Å². The molecule has 1 saturated heterocycles. The summed E-state index contributed by atoms with van der Waals surface area (Å²) in [5, 5.41) is 0. The van der Waals surface area contributed by atoms with E-state index < -0.39 is 0 Å². The van der Waals surface area contributed by atoms with Gasteiger partial charge < -0.3 is 19.3 Å². The molecule has 0 radical (unpaired) electrons. The molecule has 0 unspecified atom stereocenters. The average molecular weight is 332 g/mol. The maximum atomic E-state index is 12.3. The van der Waals surface area contributed by atoms with Crippen LogP contribution in [-0.4, -0.2) is 61.2 Å². The predicted octanol–water partition coefficient (Wildman–Crippen LogP) is 2.40. The highest BCUT2D eigenvalue weighted by Gasteiger charge is 2.23. The normalized spacial score (nSPS) is 14.8. The van der Waals surface area contributed by atoms with E-state index in [1.807, 2.05) is 31.2 Å². The van der Waals surface area contributed by atoms with Gasteiger partial charge in [-0.05, 0) is 26.0 Å². The first-order valence-corrected chi connectivity index (χ1v) is 8.26. The van der Waals surface area contributed by atoms with Gasteiger partial charge >= 0.3 is 6.09 Å². The van der Waals surface area contributed by atoms with Crippen LogP contribution < -0.4 is 4.74 Å². The van der Waals surface area contributed by atoms with Gasteiger partial charge in [0.25, 0.3) is 0 Å². The Morgan fingerprint density at radius 1 is 1.04 bits per heavy atom. The third-order valence-corrected chi connectivity index (χ3v) is 3.74. The van der Waals surface area contributed by atoms with Crippen LogP contribution in [0.15, 0.2) is 30.3 Å². The summed E-state index contributed by atoms with van der Waals surface area (Å²) in [4.78, 5) is 27.3. The molecule has 6 heteroatoms. The number of hydrogen-bond donors (Lipinski definition) is 0. The number of amides is 2. The van der Waals surface area contributed by atoms with Crippen molar-refractivity contribution >= 4 is 18.1 Å². The fraction of sp³-hybridized carbons (Fsp3) is 0.444. The molecule has 0 spiro atoms. The first-order valence-electron chi connectivity index (χ1n) is 8.26. The molecule has 1 aliphatic rings. The summed E-state index contributed by atoms with van der Waals surface area (Å²) in [5.41, 5.74) is 0.873. The second kappa shape index (κ2) is 8.96. The van der Waals surface area contributed by atoms with Gasteiger partial charge in [0.2, 0.25) is 5.91 Å². The second-order valence-corrected chi connectivity index (χ2v) is 5.32. The lowest BCUT2D eigenvalue weighted by Crippen LogP contribution is -2.50. The molecule has 1 aromatic carbocycles. The summed E-state index contributed by atoms with van der Waals surface area (Å²) in [6.07, 6.45) is 3.01. The second-order valence-electron chi connectivity index (χ2n) is 5.32. The Balaban J connectivity index is 1.91. The molecular formula is C18H24N2O4. The van der Waals surface area contributed by atoms with Gasteiger partial charge in [-0.15, -0.1) is 0 Å². The molecule has 130 valence electrons. The number of nitrogens with zero attached hydrogens (tertiary/aromatic N) is 2. The molecule has 0 saturated carbocycles. The van der Waals surface area contributed by atoms with Gasteiger partial charge in [-0.2, -0.15) is 0 Å². The Kier molecular flexibility index (Phi) is 6.66. The maximum absolute atomic E-state index is 12.3. The molecular weight excluding hydrogens is 308 g/mol. The van der Waals surface area contributed by atoms with Crippen molar-refractivity contribution in [2.45, 2.75) is 13.8 Å². The third-order valence-electron chi connectivity index (χ3n) is 3.74. The van der Waals surface area contributed by atoms with Crippen LogP contribution in [0.4, 0.5) is 4.79 Å². The summed E-state index contributed by atoms with van der Waals surface area (Å²) >= 11 is 0. The van der Waals surface area contributed by atoms with Crippen LogP contribution in [0, 0.1) is 0 Å². The van der Waals surface area contributed by atoms with Gasteiger partial charge in [0.15, 0.2) is 0 Å². The van der Waals surface area contributed by atoms with Crippen molar-refractivity contribution in [2.75, 3.05) is 39.4 Å². The Labute approximate surface area is 142 Å². The van der Waals surface area contributed by atoms with Crippen LogP contribution >= 0.6 is 0 Å². The number of carbonyl (C=O) groups excluding carboxylic acids is 2. The van der Waals surface area contributed by atoms with E-state index in [0.717, 1.165) is 11.3 Å².